The zero-order valence-electron chi connectivity index (χ0n) is 15.1. The van der Waals surface area contributed by atoms with Gasteiger partial charge >= 0.3 is 0 Å². The fourth-order valence-corrected chi connectivity index (χ4v) is 2.45. The first-order valence-corrected chi connectivity index (χ1v) is 8.58. The molecule has 0 unspecified atom stereocenters. The van der Waals surface area contributed by atoms with Crippen molar-refractivity contribution in [1.29, 1.82) is 0 Å². The molecule has 136 valence electrons. The monoisotopic (exact) mass is 355 g/mol. The molecule has 0 radical (unpaired) electrons. The van der Waals surface area contributed by atoms with E-state index in [1.54, 1.807) is 6.20 Å². The summed E-state index contributed by atoms with van der Waals surface area (Å²) in [6.45, 7) is 7.24. The van der Waals surface area contributed by atoms with Gasteiger partial charge in [-0.15, -0.1) is 0 Å². The number of hydrogen-bond acceptors (Lipinski definition) is 7. The van der Waals surface area contributed by atoms with Gasteiger partial charge in [0.25, 0.3) is 5.89 Å². The Morgan fingerprint density at radius 3 is 2.19 bits per heavy atom. The zero-order valence-corrected chi connectivity index (χ0v) is 15.1. The number of rotatable bonds is 8. The maximum atomic E-state index is 5.72. The SMILES string of the molecule is CCOc1cc(-c2nc(-c3ccccn3)no2)cc(OCC)c1OCC. The second-order valence-electron chi connectivity index (χ2n) is 5.24. The van der Waals surface area contributed by atoms with Gasteiger partial charge in [-0.3, -0.25) is 4.98 Å². The molecule has 0 atom stereocenters. The zero-order chi connectivity index (χ0) is 18.4. The summed E-state index contributed by atoms with van der Waals surface area (Å²) in [5.41, 5.74) is 1.33. The fraction of sp³-hybridized carbons (Fsp3) is 0.316. The molecule has 0 saturated heterocycles. The summed E-state index contributed by atoms with van der Waals surface area (Å²) in [7, 11) is 0. The first-order chi connectivity index (χ1) is 12.8. The van der Waals surface area contributed by atoms with E-state index >= 15 is 0 Å². The minimum absolute atomic E-state index is 0.357. The Morgan fingerprint density at radius 2 is 1.62 bits per heavy atom. The van der Waals surface area contributed by atoms with Crippen LogP contribution in [0.1, 0.15) is 20.8 Å². The number of nitrogens with zero attached hydrogens (tertiary/aromatic N) is 3. The van der Waals surface area contributed by atoms with Crippen molar-refractivity contribution in [2.75, 3.05) is 19.8 Å². The van der Waals surface area contributed by atoms with E-state index in [1.807, 2.05) is 51.1 Å². The molecule has 7 nitrogen and oxygen atoms in total. The van der Waals surface area contributed by atoms with Crippen LogP contribution in [0.5, 0.6) is 17.2 Å². The Bertz CT molecular complexity index is 822. The first kappa shape index (κ1) is 17.7. The molecule has 0 amide bonds. The van der Waals surface area contributed by atoms with Gasteiger partial charge in [0.05, 0.1) is 19.8 Å². The van der Waals surface area contributed by atoms with Gasteiger partial charge in [0.2, 0.25) is 11.6 Å². The van der Waals surface area contributed by atoms with E-state index in [0.29, 0.717) is 60.0 Å². The lowest BCUT2D eigenvalue weighted by molar-refractivity contribution is 0.261. The molecule has 0 N–H and O–H groups in total. The van der Waals surface area contributed by atoms with Crippen molar-refractivity contribution in [3.63, 3.8) is 0 Å². The van der Waals surface area contributed by atoms with Gasteiger partial charge < -0.3 is 18.7 Å². The van der Waals surface area contributed by atoms with Crippen molar-refractivity contribution in [3.05, 3.63) is 36.5 Å². The number of hydrogen-bond donors (Lipinski definition) is 0. The molecule has 0 bridgehead atoms. The quantitative estimate of drug-likeness (QED) is 0.604. The van der Waals surface area contributed by atoms with Crippen LogP contribution in [0.3, 0.4) is 0 Å². The smallest absolute Gasteiger partial charge is 0.258 e. The Morgan fingerprint density at radius 1 is 0.923 bits per heavy atom. The van der Waals surface area contributed by atoms with E-state index in [-0.39, 0.29) is 0 Å². The fourth-order valence-electron chi connectivity index (χ4n) is 2.45. The van der Waals surface area contributed by atoms with Crippen molar-refractivity contribution in [3.8, 4) is 40.2 Å². The molecule has 0 spiro atoms. The highest BCUT2D eigenvalue weighted by atomic mass is 16.5. The lowest BCUT2D eigenvalue weighted by atomic mass is 10.1. The second kappa shape index (κ2) is 8.33. The average Bonchev–Trinajstić information content (AvgIpc) is 3.15. The number of pyridine rings is 1. The molecule has 0 fully saturated rings. The molecule has 2 heterocycles. The van der Waals surface area contributed by atoms with Gasteiger partial charge in [0, 0.05) is 11.8 Å². The van der Waals surface area contributed by atoms with E-state index < -0.39 is 0 Å². The summed E-state index contributed by atoms with van der Waals surface area (Å²) in [6.07, 6.45) is 1.68. The molecule has 0 aliphatic carbocycles. The molecular formula is C19H21N3O4. The van der Waals surface area contributed by atoms with Crippen LogP contribution in [0.25, 0.3) is 23.0 Å². The van der Waals surface area contributed by atoms with Gasteiger partial charge in [0.15, 0.2) is 11.5 Å². The van der Waals surface area contributed by atoms with Crippen molar-refractivity contribution in [1.82, 2.24) is 15.1 Å². The summed E-state index contributed by atoms with van der Waals surface area (Å²) < 4.78 is 22.6. The van der Waals surface area contributed by atoms with Crippen LogP contribution in [0, 0.1) is 0 Å². The Kier molecular flexibility index (Phi) is 5.68. The largest absolute Gasteiger partial charge is 0.490 e. The average molecular weight is 355 g/mol. The van der Waals surface area contributed by atoms with Crippen LogP contribution in [-0.4, -0.2) is 34.9 Å². The van der Waals surface area contributed by atoms with E-state index in [1.165, 1.54) is 0 Å². The van der Waals surface area contributed by atoms with Crippen LogP contribution in [-0.2, 0) is 0 Å². The minimum Gasteiger partial charge on any atom is -0.490 e. The van der Waals surface area contributed by atoms with E-state index in [9.17, 15) is 0 Å². The molecule has 26 heavy (non-hydrogen) atoms. The summed E-state index contributed by atoms with van der Waals surface area (Å²) in [6, 6.07) is 9.15. The van der Waals surface area contributed by atoms with Crippen molar-refractivity contribution in [2.45, 2.75) is 20.8 Å². The number of ether oxygens (including phenoxy) is 3. The van der Waals surface area contributed by atoms with Gasteiger partial charge in [0.1, 0.15) is 5.69 Å². The third kappa shape index (κ3) is 3.77. The number of benzene rings is 1. The summed E-state index contributed by atoms with van der Waals surface area (Å²) in [5, 5.41) is 4.01. The summed E-state index contributed by atoms with van der Waals surface area (Å²) in [4.78, 5) is 8.67. The van der Waals surface area contributed by atoms with Crippen LogP contribution in [0.4, 0.5) is 0 Å². The molecule has 2 aromatic heterocycles. The topological polar surface area (TPSA) is 79.5 Å². The second-order valence-corrected chi connectivity index (χ2v) is 5.24. The molecular weight excluding hydrogens is 334 g/mol. The lowest BCUT2D eigenvalue weighted by Gasteiger charge is -2.16. The molecule has 0 aliphatic rings. The molecule has 3 rings (SSSR count). The third-order valence-electron chi connectivity index (χ3n) is 3.48. The lowest BCUT2D eigenvalue weighted by Crippen LogP contribution is -2.03. The summed E-state index contributed by atoms with van der Waals surface area (Å²) >= 11 is 0. The highest BCUT2D eigenvalue weighted by Gasteiger charge is 2.19. The van der Waals surface area contributed by atoms with E-state index in [0.717, 1.165) is 0 Å². The molecule has 3 aromatic rings. The van der Waals surface area contributed by atoms with Gasteiger partial charge in [-0.1, -0.05) is 11.2 Å². The predicted molar refractivity (Wildman–Crippen MR) is 96.5 cm³/mol. The highest BCUT2D eigenvalue weighted by Crippen LogP contribution is 2.41. The predicted octanol–water partition coefficient (Wildman–Crippen LogP) is 3.99. The van der Waals surface area contributed by atoms with Crippen LogP contribution in [0.15, 0.2) is 41.1 Å². The van der Waals surface area contributed by atoms with Gasteiger partial charge in [-0.25, -0.2) is 0 Å². The van der Waals surface area contributed by atoms with Crippen molar-refractivity contribution >= 4 is 0 Å². The van der Waals surface area contributed by atoms with Gasteiger partial charge in [-0.05, 0) is 45.0 Å². The van der Waals surface area contributed by atoms with E-state index in [4.69, 9.17) is 18.7 Å². The van der Waals surface area contributed by atoms with Gasteiger partial charge in [-0.2, -0.15) is 4.98 Å². The van der Waals surface area contributed by atoms with Crippen molar-refractivity contribution in [2.24, 2.45) is 0 Å². The van der Waals surface area contributed by atoms with Crippen LogP contribution >= 0.6 is 0 Å². The van der Waals surface area contributed by atoms with E-state index in [2.05, 4.69) is 15.1 Å². The van der Waals surface area contributed by atoms with Crippen molar-refractivity contribution < 1.29 is 18.7 Å². The van der Waals surface area contributed by atoms with Crippen LogP contribution < -0.4 is 14.2 Å². The molecule has 1 aromatic carbocycles. The molecule has 0 aliphatic heterocycles. The standard InChI is InChI=1S/C19H21N3O4/c1-4-23-15-11-13(12-16(24-5-2)17(15)25-6-3)19-21-18(22-26-19)14-9-7-8-10-20-14/h7-12H,4-6H2,1-3H3. The normalized spacial score (nSPS) is 10.6. The maximum Gasteiger partial charge on any atom is 0.258 e. The first-order valence-electron chi connectivity index (χ1n) is 8.58. The highest BCUT2D eigenvalue weighted by molar-refractivity contribution is 5.66. The third-order valence-corrected chi connectivity index (χ3v) is 3.48. The van der Waals surface area contributed by atoms with Crippen LogP contribution in [0.2, 0.25) is 0 Å². The molecule has 7 heteroatoms. The Balaban J connectivity index is 2.03. The maximum absolute atomic E-state index is 5.72. The number of aromatic nitrogens is 3. The Hall–Kier alpha value is -3.09. The summed E-state index contributed by atoms with van der Waals surface area (Å²) in [5.74, 6) is 2.51. The molecule has 0 saturated carbocycles. The Labute approximate surface area is 151 Å². The minimum atomic E-state index is 0.357.